The molecule has 0 saturated carbocycles. The molecule has 0 radical (unpaired) electrons. The van der Waals surface area contributed by atoms with Crippen molar-refractivity contribution in [2.24, 2.45) is 5.92 Å². The molecule has 1 aromatic rings. The van der Waals surface area contributed by atoms with E-state index in [0.717, 1.165) is 25.8 Å². The first kappa shape index (κ1) is 15.1. The molecule has 2 aliphatic rings. The highest BCUT2D eigenvalue weighted by molar-refractivity contribution is 7.89. The molecule has 8 heteroatoms. The Morgan fingerprint density at radius 3 is 2.67 bits per heavy atom. The molecular formula is C13H19ClN4O2S. The Bertz CT molecular complexity index is 607. The van der Waals surface area contributed by atoms with Crippen LogP contribution in [0.4, 0.5) is 0 Å². The summed E-state index contributed by atoms with van der Waals surface area (Å²) in [5.74, 6) is 0.417. The van der Waals surface area contributed by atoms with E-state index in [-0.39, 0.29) is 10.2 Å². The van der Waals surface area contributed by atoms with Gasteiger partial charge >= 0.3 is 0 Å². The van der Waals surface area contributed by atoms with Crippen molar-refractivity contribution in [3.05, 3.63) is 17.7 Å². The lowest BCUT2D eigenvalue weighted by Gasteiger charge is -2.45. The van der Waals surface area contributed by atoms with Crippen LogP contribution in [0, 0.1) is 5.92 Å². The fourth-order valence-electron chi connectivity index (χ4n) is 3.42. The smallest absolute Gasteiger partial charge is 0.246 e. The van der Waals surface area contributed by atoms with E-state index in [1.54, 1.807) is 4.31 Å². The summed E-state index contributed by atoms with van der Waals surface area (Å²) >= 11 is 5.62. The van der Waals surface area contributed by atoms with Crippen molar-refractivity contribution in [1.29, 1.82) is 0 Å². The number of halogens is 1. The summed E-state index contributed by atoms with van der Waals surface area (Å²) in [6, 6.07) is 0.506. The van der Waals surface area contributed by atoms with Crippen LogP contribution in [-0.4, -0.2) is 60.3 Å². The molecule has 2 atom stereocenters. The summed E-state index contributed by atoms with van der Waals surface area (Å²) in [6.45, 7) is 2.25. The third-order valence-corrected chi connectivity index (χ3v) is 6.56. The normalized spacial score (nSPS) is 28.3. The number of hydrogen-bond acceptors (Lipinski definition) is 5. The largest absolute Gasteiger partial charge is 0.303 e. The standard InChI is InChI=1S/C13H19ClN4O2S/c1-17-5-2-3-10-9-18(6-4-12(10)17)21(19,20)11-7-15-13(14)16-8-11/h7-8,10,12H,2-6,9H2,1H3. The maximum absolute atomic E-state index is 12.6. The van der Waals surface area contributed by atoms with Gasteiger partial charge < -0.3 is 4.90 Å². The lowest BCUT2D eigenvalue weighted by molar-refractivity contribution is 0.0671. The van der Waals surface area contributed by atoms with Crippen LogP contribution in [0.25, 0.3) is 0 Å². The average molecular weight is 331 g/mol. The molecule has 6 nitrogen and oxygen atoms in total. The Morgan fingerprint density at radius 2 is 1.95 bits per heavy atom. The number of piperidine rings is 2. The molecule has 2 saturated heterocycles. The first-order valence-electron chi connectivity index (χ1n) is 7.16. The predicted molar refractivity (Wildman–Crippen MR) is 79.6 cm³/mol. The summed E-state index contributed by atoms with van der Waals surface area (Å²) in [5, 5.41) is 0.0570. The van der Waals surface area contributed by atoms with Gasteiger partial charge in [0.15, 0.2) is 0 Å². The average Bonchev–Trinajstić information content (AvgIpc) is 2.47. The molecule has 0 aromatic carbocycles. The van der Waals surface area contributed by atoms with E-state index in [9.17, 15) is 8.42 Å². The minimum Gasteiger partial charge on any atom is -0.303 e. The van der Waals surface area contributed by atoms with Gasteiger partial charge in [0.1, 0.15) is 4.90 Å². The van der Waals surface area contributed by atoms with Gasteiger partial charge in [0.2, 0.25) is 15.3 Å². The monoisotopic (exact) mass is 330 g/mol. The molecule has 0 aliphatic carbocycles. The number of rotatable bonds is 2. The van der Waals surface area contributed by atoms with Crippen LogP contribution in [0.5, 0.6) is 0 Å². The van der Waals surface area contributed by atoms with E-state index in [4.69, 9.17) is 11.6 Å². The zero-order valence-electron chi connectivity index (χ0n) is 11.9. The fourth-order valence-corrected chi connectivity index (χ4v) is 4.92. The molecule has 2 aliphatic heterocycles. The molecule has 3 heterocycles. The fraction of sp³-hybridized carbons (Fsp3) is 0.692. The molecule has 0 N–H and O–H groups in total. The lowest BCUT2D eigenvalue weighted by Crippen LogP contribution is -2.53. The highest BCUT2D eigenvalue weighted by Crippen LogP contribution is 2.31. The molecule has 0 spiro atoms. The highest BCUT2D eigenvalue weighted by Gasteiger charge is 2.38. The number of fused-ring (bicyclic) bond motifs is 1. The zero-order valence-corrected chi connectivity index (χ0v) is 13.5. The second kappa shape index (κ2) is 5.79. The second-order valence-corrected chi connectivity index (χ2v) is 8.07. The van der Waals surface area contributed by atoms with Crippen LogP contribution in [0.1, 0.15) is 19.3 Å². The van der Waals surface area contributed by atoms with Gasteiger partial charge in [0, 0.05) is 19.1 Å². The van der Waals surface area contributed by atoms with Crippen LogP contribution in [0.15, 0.2) is 17.3 Å². The van der Waals surface area contributed by atoms with Gasteiger partial charge in [-0.3, -0.25) is 0 Å². The van der Waals surface area contributed by atoms with Crippen molar-refractivity contribution in [3.63, 3.8) is 0 Å². The molecule has 0 bridgehead atoms. The van der Waals surface area contributed by atoms with Crippen molar-refractivity contribution in [2.45, 2.75) is 30.2 Å². The predicted octanol–water partition coefficient (Wildman–Crippen LogP) is 1.23. The van der Waals surface area contributed by atoms with Crippen LogP contribution in [-0.2, 0) is 10.0 Å². The van der Waals surface area contributed by atoms with Gasteiger partial charge in [-0.25, -0.2) is 18.4 Å². The van der Waals surface area contributed by atoms with E-state index < -0.39 is 10.0 Å². The Kier molecular flexibility index (Phi) is 4.18. The Labute approximate surface area is 130 Å². The molecule has 1 aromatic heterocycles. The summed E-state index contributed by atoms with van der Waals surface area (Å²) in [7, 11) is -1.38. The van der Waals surface area contributed by atoms with Gasteiger partial charge in [-0.15, -0.1) is 0 Å². The summed E-state index contributed by atoms with van der Waals surface area (Å²) in [6.07, 6.45) is 5.68. The van der Waals surface area contributed by atoms with Crippen molar-refractivity contribution >= 4 is 21.6 Å². The van der Waals surface area contributed by atoms with E-state index in [2.05, 4.69) is 21.9 Å². The van der Waals surface area contributed by atoms with Crippen LogP contribution >= 0.6 is 11.6 Å². The van der Waals surface area contributed by atoms with Crippen molar-refractivity contribution in [3.8, 4) is 0 Å². The van der Waals surface area contributed by atoms with Crippen LogP contribution in [0.2, 0.25) is 5.28 Å². The minimum atomic E-state index is -3.52. The molecule has 116 valence electrons. The Morgan fingerprint density at radius 1 is 1.24 bits per heavy atom. The van der Waals surface area contributed by atoms with E-state index in [1.807, 2.05) is 0 Å². The molecule has 3 rings (SSSR count). The van der Waals surface area contributed by atoms with Crippen LogP contribution in [0.3, 0.4) is 0 Å². The van der Waals surface area contributed by atoms with Gasteiger partial charge in [-0.2, -0.15) is 4.31 Å². The van der Waals surface area contributed by atoms with Gasteiger partial charge in [0.05, 0.1) is 12.4 Å². The topological polar surface area (TPSA) is 66.4 Å². The molecule has 2 fully saturated rings. The summed E-state index contributed by atoms with van der Waals surface area (Å²) in [4.78, 5) is 10.0. The SMILES string of the molecule is CN1CCCC2CN(S(=O)(=O)c3cnc(Cl)nc3)CCC21. The van der Waals surface area contributed by atoms with Crippen molar-refractivity contribution < 1.29 is 8.42 Å². The quantitative estimate of drug-likeness (QED) is 0.763. The first-order valence-corrected chi connectivity index (χ1v) is 8.98. The first-order chi connectivity index (χ1) is 9.98. The third-order valence-electron chi connectivity index (χ3n) is 4.54. The maximum Gasteiger partial charge on any atom is 0.246 e. The lowest BCUT2D eigenvalue weighted by atomic mass is 9.85. The Balaban J connectivity index is 1.79. The zero-order chi connectivity index (χ0) is 15.0. The number of sulfonamides is 1. The van der Waals surface area contributed by atoms with Crippen LogP contribution < -0.4 is 0 Å². The Hall–Kier alpha value is -0.760. The number of hydrogen-bond donors (Lipinski definition) is 0. The van der Waals surface area contributed by atoms with Crippen molar-refractivity contribution in [2.75, 3.05) is 26.7 Å². The third kappa shape index (κ3) is 2.92. The van der Waals surface area contributed by atoms with Gasteiger partial charge in [-0.05, 0) is 50.4 Å². The molecular weight excluding hydrogens is 312 g/mol. The maximum atomic E-state index is 12.6. The number of nitrogens with zero attached hydrogens (tertiary/aromatic N) is 4. The highest BCUT2D eigenvalue weighted by atomic mass is 35.5. The number of likely N-dealkylation sites (tertiary alicyclic amines) is 1. The van der Waals surface area contributed by atoms with E-state index in [1.165, 1.54) is 12.4 Å². The minimum absolute atomic E-state index is 0.0570. The molecule has 0 amide bonds. The van der Waals surface area contributed by atoms with Crippen molar-refractivity contribution in [1.82, 2.24) is 19.2 Å². The van der Waals surface area contributed by atoms with E-state index >= 15 is 0 Å². The second-order valence-electron chi connectivity index (χ2n) is 5.79. The summed E-state index contributed by atoms with van der Waals surface area (Å²) < 4.78 is 26.9. The van der Waals surface area contributed by atoms with Gasteiger partial charge in [0.25, 0.3) is 0 Å². The number of aromatic nitrogens is 2. The molecule has 2 unspecified atom stereocenters. The van der Waals surface area contributed by atoms with E-state index in [0.29, 0.717) is 25.0 Å². The molecule has 21 heavy (non-hydrogen) atoms. The summed E-state index contributed by atoms with van der Waals surface area (Å²) in [5.41, 5.74) is 0. The van der Waals surface area contributed by atoms with Gasteiger partial charge in [-0.1, -0.05) is 0 Å².